The summed E-state index contributed by atoms with van der Waals surface area (Å²) in [6, 6.07) is 10.1. The molecular weight excluding hydrogens is 390 g/mol. The molecule has 160 valence electrons. The maximum atomic E-state index is 11.9. The molecule has 0 bridgehead atoms. The Bertz CT molecular complexity index is 912. The number of hydrazone groups is 1. The van der Waals surface area contributed by atoms with Gasteiger partial charge in [-0.3, -0.25) is 14.9 Å². The average molecular weight is 415 g/mol. The SMILES string of the molecule is CCOc1cc(/C=N/NC(=O)COc2ccc(C(C)CC)cc2)cc([N+](=O)[O-])c1O. The first-order valence-corrected chi connectivity index (χ1v) is 9.54. The molecule has 2 aromatic carbocycles. The van der Waals surface area contributed by atoms with Crippen molar-refractivity contribution >= 4 is 17.8 Å². The first kappa shape index (κ1) is 22.7. The van der Waals surface area contributed by atoms with E-state index in [-0.39, 0.29) is 24.5 Å². The number of phenols is 1. The minimum atomic E-state index is -0.728. The van der Waals surface area contributed by atoms with Gasteiger partial charge in [0, 0.05) is 11.6 Å². The standard InChI is InChI=1S/C21H25N3O6/c1-4-14(3)16-6-8-17(9-7-16)30-13-20(25)23-22-12-15-10-18(24(27)28)21(26)19(11-15)29-5-2/h6-12,14,26H,4-5,13H2,1-3H3,(H,23,25)/b22-12+. The molecule has 0 aliphatic rings. The van der Waals surface area contributed by atoms with Crippen molar-refractivity contribution in [1.29, 1.82) is 0 Å². The summed E-state index contributed by atoms with van der Waals surface area (Å²) in [4.78, 5) is 22.2. The summed E-state index contributed by atoms with van der Waals surface area (Å²) < 4.78 is 10.6. The zero-order chi connectivity index (χ0) is 22.1. The van der Waals surface area contributed by atoms with E-state index in [2.05, 4.69) is 24.4 Å². The number of rotatable bonds is 10. The highest BCUT2D eigenvalue weighted by Gasteiger charge is 2.19. The third kappa shape index (κ3) is 6.20. The summed E-state index contributed by atoms with van der Waals surface area (Å²) >= 11 is 0. The molecule has 0 aliphatic heterocycles. The Kier molecular flexibility index (Phi) is 8.16. The monoisotopic (exact) mass is 415 g/mol. The molecule has 0 spiro atoms. The number of benzene rings is 2. The lowest BCUT2D eigenvalue weighted by Crippen LogP contribution is -2.24. The van der Waals surface area contributed by atoms with Crippen LogP contribution in [0, 0.1) is 10.1 Å². The minimum absolute atomic E-state index is 0.0383. The molecule has 0 saturated carbocycles. The van der Waals surface area contributed by atoms with Crippen LogP contribution in [0.15, 0.2) is 41.5 Å². The molecule has 0 aromatic heterocycles. The molecule has 1 amide bonds. The van der Waals surface area contributed by atoms with Crippen LogP contribution in [0.4, 0.5) is 5.69 Å². The zero-order valence-electron chi connectivity index (χ0n) is 17.1. The van der Waals surface area contributed by atoms with Gasteiger partial charge in [0.15, 0.2) is 12.4 Å². The molecule has 1 atom stereocenters. The number of hydrogen-bond donors (Lipinski definition) is 2. The van der Waals surface area contributed by atoms with Gasteiger partial charge in [0.1, 0.15) is 5.75 Å². The number of nitrogens with one attached hydrogen (secondary N) is 1. The summed E-state index contributed by atoms with van der Waals surface area (Å²) in [5, 5.41) is 24.7. The van der Waals surface area contributed by atoms with Crippen molar-refractivity contribution in [2.45, 2.75) is 33.1 Å². The largest absolute Gasteiger partial charge is 0.500 e. The Morgan fingerprint density at radius 2 is 1.97 bits per heavy atom. The molecular formula is C21H25N3O6. The lowest BCUT2D eigenvalue weighted by Gasteiger charge is -2.10. The third-order valence-corrected chi connectivity index (χ3v) is 4.41. The molecule has 2 rings (SSSR count). The van der Waals surface area contributed by atoms with Gasteiger partial charge in [0.05, 0.1) is 17.7 Å². The molecule has 30 heavy (non-hydrogen) atoms. The van der Waals surface area contributed by atoms with Crippen molar-refractivity contribution in [3.63, 3.8) is 0 Å². The number of carbonyl (C=O) groups is 1. The summed E-state index contributed by atoms with van der Waals surface area (Å²) in [6.07, 6.45) is 2.25. The molecule has 2 aromatic rings. The second-order valence-electron chi connectivity index (χ2n) is 6.54. The fourth-order valence-corrected chi connectivity index (χ4v) is 2.58. The summed E-state index contributed by atoms with van der Waals surface area (Å²) in [7, 11) is 0. The predicted octanol–water partition coefficient (Wildman–Crippen LogP) is 3.74. The van der Waals surface area contributed by atoms with Crippen molar-refractivity contribution in [2.75, 3.05) is 13.2 Å². The highest BCUT2D eigenvalue weighted by Crippen LogP contribution is 2.36. The predicted molar refractivity (Wildman–Crippen MR) is 112 cm³/mol. The number of nitro benzene ring substituents is 1. The van der Waals surface area contributed by atoms with Gasteiger partial charge in [-0.05, 0) is 43.0 Å². The van der Waals surface area contributed by atoms with E-state index in [1.807, 2.05) is 24.3 Å². The second-order valence-corrected chi connectivity index (χ2v) is 6.54. The topological polar surface area (TPSA) is 123 Å². The van der Waals surface area contributed by atoms with Gasteiger partial charge in [0.2, 0.25) is 5.75 Å². The van der Waals surface area contributed by atoms with Crippen LogP contribution < -0.4 is 14.9 Å². The molecule has 9 heteroatoms. The number of nitro groups is 1. The van der Waals surface area contributed by atoms with Crippen LogP contribution in [0.3, 0.4) is 0 Å². The van der Waals surface area contributed by atoms with Crippen LogP contribution in [-0.4, -0.2) is 35.4 Å². The van der Waals surface area contributed by atoms with Gasteiger partial charge in [-0.25, -0.2) is 5.43 Å². The molecule has 0 radical (unpaired) electrons. The number of nitrogens with zero attached hydrogens (tertiary/aromatic N) is 2. The van der Waals surface area contributed by atoms with E-state index in [1.54, 1.807) is 6.92 Å². The van der Waals surface area contributed by atoms with Crippen LogP contribution in [0.1, 0.15) is 44.2 Å². The van der Waals surface area contributed by atoms with Crippen LogP contribution in [0.2, 0.25) is 0 Å². The van der Waals surface area contributed by atoms with E-state index in [9.17, 15) is 20.0 Å². The summed E-state index contributed by atoms with van der Waals surface area (Å²) in [5.41, 5.74) is 3.26. The zero-order valence-corrected chi connectivity index (χ0v) is 17.1. The lowest BCUT2D eigenvalue weighted by molar-refractivity contribution is -0.386. The van der Waals surface area contributed by atoms with E-state index in [4.69, 9.17) is 9.47 Å². The van der Waals surface area contributed by atoms with Crippen LogP contribution in [-0.2, 0) is 4.79 Å². The van der Waals surface area contributed by atoms with E-state index < -0.39 is 22.3 Å². The van der Waals surface area contributed by atoms with Crippen molar-refractivity contribution in [3.05, 3.63) is 57.6 Å². The Morgan fingerprint density at radius 3 is 2.57 bits per heavy atom. The summed E-state index contributed by atoms with van der Waals surface area (Å²) in [5.74, 6) is -0.0673. The van der Waals surface area contributed by atoms with Crippen LogP contribution in [0.5, 0.6) is 17.2 Å². The fourth-order valence-electron chi connectivity index (χ4n) is 2.58. The van der Waals surface area contributed by atoms with E-state index in [0.29, 0.717) is 11.7 Å². The highest BCUT2D eigenvalue weighted by atomic mass is 16.6. The lowest BCUT2D eigenvalue weighted by atomic mass is 9.99. The molecule has 0 aliphatic carbocycles. The van der Waals surface area contributed by atoms with Crippen molar-refractivity contribution in [3.8, 4) is 17.2 Å². The Morgan fingerprint density at radius 1 is 1.27 bits per heavy atom. The van der Waals surface area contributed by atoms with Crippen LogP contribution >= 0.6 is 0 Å². The van der Waals surface area contributed by atoms with E-state index in [1.165, 1.54) is 17.8 Å². The second kappa shape index (κ2) is 10.8. The van der Waals surface area contributed by atoms with Crippen molar-refractivity contribution in [2.24, 2.45) is 5.10 Å². The number of phenolic OH excluding ortho intramolecular Hbond substituents is 1. The van der Waals surface area contributed by atoms with Crippen LogP contribution in [0.25, 0.3) is 0 Å². The van der Waals surface area contributed by atoms with Crippen molar-refractivity contribution in [1.82, 2.24) is 5.43 Å². The molecule has 0 heterocycles. The summed E-state index contributed by atoms with van der Waals surface area (Å²) in [6.45, 7) is 5.93. The maximum Gasteiger partial charge on any atom is 0.315 e. The normalized spacial score (nSPS) is 11.8. The van der Waals surface area contributed by atoms with Gasteiger partial charge in [-0.15, -0.1) is 0 Å². The molecule has 1 unspecified atom stereocenters. The number of amides is 1. The third-order valence-electron chi connectivity index (χ3n) is 4.41. The van der Waals surface area contributed by atoms with E-state index >= 15 is 0 Å². The number of hydrogen-bond acceptors (Lipinski definition) is 7. The Balaban J connectivity index is 1.95. The Hall–Kier alpha value is -3.62. The molecule has 9 nitrogen and oxygen atoms in total. The minimum Gasteiger partial charge on any atom is -0.500 e. The smallest absolute Gasteiger partial charge is 0.315 e. The quantitative estimate of drug-likeness (QED) is 0.346. The fraction of sp³-hybridized carbons (Fsp3) is 0.333. The first-order chi connectivity index (χ1) is 14.3. The average Bonchev–Trinajstić information content (AvgIpc) is 2.74. The first-order valence-electron chi connectivity index (χ1n) is 9.54. The highest BCUT2D eigenvalue weighted by molar-refractivity contribution is 5.85. The van der Waals surface area contributed by atoms with Gasteiger partial charge in [-0.2, -0.15) is 5.10 Å². The molecule has 0 saturated heterocycles. The molecule has 2 N–H and O–H groups in total. The molecule has 0 fully saturated rings. The number of carbonyl (C=O) groups excluding carboxylic acids is 1. The number of aromatic hydroxyl groups is 1. The van der Waals surface area contributed by atoms with Gasteiger partial charge < -0.3 is 14.6 Å². The van der Waals surface area contributed by atoms with Gasteiger partial charge in [0.25, 0.3) is 5.91 Å². The van der Waals surface area contributed by atoms with Gasteiger partial charge in [-0.1, -0.05) is 26.0 Å². The number of ether oxygens (including phenoxy) is 2. The Labute approximate surface area is 174 Å². The van der Waals surface area contributed by atoms with Crippen molar-refractivity contribution < 1.29 is 24.3 Å². The van der Waals surface area contributed by atoms with Gasteiger partial charge >= 0.3 is 5.69 Å². The maximum absolute atomic E-state index is 11.9. The van der Waals surface area contributed by atoms with E-state index in [0.717, 1.165) is 12.5 Å².